The second kappa shape index (κ2) is 11.2. The van der Waals surface area contributed by atoms with Gasteiger partial charge in [-0.15, -0.1) is 0 Å². The minimum atomic E-state index is -0.990. The standard InChI is InChI=1S/C20H33N3O3/c1-3-21-19(22-12-7-13-26-18-10-14-25-15-11-18)23-16-20(2,24)17-8-5-4-6-9-17/h4-6,8-9,18,24H,3,7,10-16H2,1-2H3,(H2,21,22,23). The molecule has 2 rings (SSSR count). The van der Waals surface area contributed by atoms with Crippen molar-refractivity contribution in [1.29, 1.82) is 0 Å². The maximum Gasteiger partial charge on any atom is 0.191 e. The van der Waals surface area contributed by atoms with Crippen LogP contribution in [0.2, 0.25) is 0 Å². The molecule has 0 spiro atoms. The van der Waals surface area contributed by atoms with Gasteiger partial charge in [0.15, 0.2) is 5.96 Å². The largest absolute Gasteiger partial charge is 0.384 e. The molecule has 0 aliphatic carbocycles. The van der Waals surface area contributed by atoms with Crippen molar-refractivity contribution in [2.45, 2.75) is 44.8 Å². The van der Waals surface area contributed by atoms with Crippen LogP contribution in [-0.2, 0) is 15.1 Å². The lowest BCUT2D eigenvalue weighted by Crippen LogP contribution is -2.39. The van der Waals surface area contributed by atoms with Gasteiger partial charge in [0, 0.05) is 32.9 Å². The van der Waals surface area contributed by atoms with Gasteiger partial charge in [-0.1, -0.05) is 30.3 Å². The van der Waals surface area contributed by atoms with Gasteiger partial charge < -0.3 is 25.2 Å². The summed E-state index contributed by atoms with van der Waals surface area (Å²) in [6, 6.07) is 9.63. The molecule has 1 heterocycles. The zero-order valence-electron chi connectivity index (χ0n) is 16.0. The molecule has 6 heteroatoms. The molecule has 1 aliphatic rings. The van der Waals surface area contributed by atoms with E-state index >= 15 is 0 Å². The summed E-state index contributed by atoms with van der Waals surface area (Å²) in [6.07, 6.45) is 3.24. The lowest BCUT2D eigenvalue weighted by atomic mass is 9.96. The lowest BCUT2D eigenvalue weighted by Gasteiger charge is -2.23. The molecule has 1 atom stereocenters. The first-order valence-corrected chi connectivity index (χ1v) is 9.61. The first-order valence-electron chi connectivity index (χ1n) is 9.61. The quantitative estimate of drug-likeness (QED) is 0.356. The second-order valence-corrected chi connectivity index (χ2v) is 6.80. The Hall–Kier alpha value is -1.63. The molecule has 1 fully saturated rings. The highest BCUT2D eigenvalue weighted by Crippen LogP contribution is 2.20. The van der Waals surface area contributed by atoms with Gasteiger partial charge >= 0.3 is 0 Å². The molecule has 0 radical (unpaired) electrons. The van der Waals surface area contributed by atoms with E-state index in [1.54, 1.807) is 6.92 Å². The van der Waals surface area contributed by atoms with Crippen molar-refractivity contribution in [2.75, 3.05) is 39.5 Å². The molecule has 1 aliphatic heterocycles. The van der Waals surface area contributed by atoms with Gasteiger partial charge in [0.1, 0.15) is 5.60 Å². The number of nitrogens with zero attached hydrogens (tertiary/aromatic N) is 1. The van der Waals surface area contributed by atoms with Crippen molar-refractivity contribution < 1.29 is 14.6 Å². The summed E-state index contributed by atoms with van der Waals surface area (Å²) in [5.41, 5.74) is -0.125. The number of hydrogen-bond donors (Lipinski definition) is 3. The summed E-state index contributed by atoms with van der Waals surface area (Å²) >= 11 is 0. The van der Waals surface area contributed by atoms with Gasteiger partial charge in [-0.05, 0) is 38.7 Å². The van der Waals surface area contributed by atoms with Crippen molar-refractivity contribution in [3.05, 3.63) is 35.9 Å². The Balaban J connectivity index is 1.73. The highest BCUT2D eigenvalue weighted by atomic mass is 16.5. The number of aliphatic hydroxyl groups is 1. The molecule has 146 valence electrons. The summed E-state index contributed by atoms with van der Waals surface area (Å²) in [4.78, 5) is 4.54. The molecule has 3 N–H and O–H groups in total. The fourth-order valence-electron chi connectivity index (χ4n) is 2.83. The highest BCUT2D eigenvalue weighted by molar-refractivity contribution is 5.79. The second-order valence-electron chi connectivity index (χ2n) is 6.80. The van der Waals surface area contributed by atoms with E-state index in [0.29, 0.717) is 12.6 Å². The Morgan fingerprint density at radius 1 is 1.27 bits per heavy atom. The minimum Gasteiger partial charge on any atom is -0.384 e. The van der Waals surface area contributed by atoms with Gasteiger partial charge in [-0.3, -0.25) is 0 Å². The molecule has 0 saturated carbocycles. The molecular weight excluding hydrogens is 330 g/mol. The molecule has 6 nitrogen and oxygen atoms in total. The van der Waals surface area contributed by atoms with Crippen LogP contribution >= 0.6 is 0 Å². The highest BCUT2D eigenvalue weighted by Gasteiger charge is 2.22. The van der Waals surface area contributed by atoms with Gasteiger partial charge in [0.2, 0.25) is 0 Å². The fraction of sp³-hybridized carbons (Fsp3) is 0.650. The maximum atomic E-state index is 10.7. The van der Waals surface area contributed by atoms with Crippen LogP contribution < -0.4 is 10.6 Å². The predicted molar refractivity (Wildman–Crippen MR) is 104 cm³/mol. The normalized spacial score (nSPS) is 18.3. The zero-order chi connectivity index (χ0) is 18.7. The van der Waals surface area contributed by atoms with E-state index in [9.17, 15) is 5.11 Å². The van der Waals surface area contributed by atoms with Crippen LogP contribution in [0.15, 0.2) is 35.3 Å². The maximum absolute atomic E-state index is 10.7. The average molecular weight is 364 g/mol. The van der Waals surface area contributed by atoms with E-state index < -0.39 is 5.60 Å². The number of hydrogen-bond acceptors (Lipinski definition) is 4. The minimum absolute atomic E-state index is 0.297. The summed E-state index contributed by atoms with van der Waals surface area (Å²) in [6.45, 7) is 8.02. The van der Waals surface area contributed by atoms with E-state index in [1.807, 2.05) is 37.3 Å². The van der Waals surface area contributed by atoms with Crippen LogP contribution in [0, 0.1) is 0 Å². The molecule has 26 heavy (non-hydrogen) atoms. The molecule has 0 aromatic heterocycles. The van der Waals surface area contributed by atoms with E-state index in [2.05, 4.69) is 15.6 Å². The summed E-state index contributed by atoms with van der Waals surface area (Å²) < 4.78 is 11.2. The molecule has 1 aromatic rings. The number of ether oxygens (including phenoxy) is 2. The van der Waals surface area contributed by atoms with Crippen LogP contribution in [0.1, 0.15) is 38.7 Å². The number of rotatable bonds is 9. The van der Waals surface area contributed by atoms with Crippen molar-refractivity contribution in [2.24, 2.45) is 4.99 Å². The van der Waals surface area contributed by atoms with Crippen LogP contribution in [-0.4, -0.2) is 56.6 Å². The third-order valence-electron chi connectivity index (χ3n) is 4.42. The van der Waals surface area contributed by atoms with Gasteiger partial charge in [0.05, 0.1) is 12.6 Å². The third-order valence-corrected chi connectivity index (χ3v) is 4.42. The SMILES string of the molecule is CCNC(=NCC(C)(O)c1ccccc1)NCCCOC1CCOCC1. The van der Waals surface area contributed by atoms with Crippen LogP contribution in [0.4, 0.5) is 0 Å². The number of nitrogens with one attached hydrogen (secondary N) is 2. The number of benzene rings is 1. The van der Waals surface area contributed by atoms with Gasteiger partial charge in [0.25, 0.3) is 0 Å². The Morgan fingerprint density at radius 2 is 2.00 bits per heavy atom. The summed E-state index contributed by atoms with van der Waals surface area (Å²) in [7, 11) is 0. The van der Waals surface area contributed by atoms with Gasteiger partial charge in [-0.2, -0.15) is 0 Å². The van der Waals surface area contributed by atoms with E-state index in [0.717, 1.165) is 63.7 Å². The molecular formula is C20H33N3O3. The van der Waals surface area contributed by atoms with Crippen LogP contribution in [0.5, 0.6) is 0 Å². The first-order chi connectivity index (χ1) is 12.6. The Morgan fingerprint density at radius 3 is 2.69 bits per heavy atom. The Bertz CT molecular complexity index is 528. The van der Waals surface area contributed by atoms with E-state index in [-0.39, 0.29) is 0 Å². The van der Waals surface area contributed by atoms with Crippen molar-refractivity contribution in [3.8, 4) is 0 Å². The zero-order valence-corrected chi connectivity index (χ0v) is 16.0. The van der Waals surface area contributed by atoms with Crippen LogP contribution in [0.25, 0.3) is 0 Å². The molecule has 1 saturated heterocycles. The summed E-state index contributed by atoms with van der Waals surface area (Å²) in [5.74, 6) is 0.717. The first kappa shape index (κ1) is 20.7. The third kappa shape index (κ3) is 7.32. The van der Waals surface area contributed by atoms with Crippen molar-refractivity contribution >= 4 is 5.96 Å². The molecule has 1 unspecified atom stereocenters. The molecule has 0 bridgehead atoms. The number of guanidine groups is 1. The monoisotopic (exact) mass is 363 g/mol. The van der Waals surface area contributed by atoms with Crippen LogP contribution in [0.3, 0.4) is 0 Å². The van der Waals surface area contributed by atoms with Crippen molar-refractivity contribution in [1.82, 2.24) is 10.6 Å². The number of aliphatic imine (C=N–C) groups is 1. The predicted octanol–water partition coefficient (Wildman–Crippen LogP) is 2.03. The van der Waals surface area contributed by atoms with E-state index in [1.165, 1.54) is 0 Å². The lowest BCUT2D eigenvalue weighted by molar-refractivity contribution is -0.0320. The fourth-order valence-corrected chi connectivity index (χ4v) is 2.83. The Kier molecular flexibility index (Phi) is 8.88. The van der Waals surface area contributed by atoms with Gasteiger partial charge in [-0.25, -0.2) is 4.99 Å². The molecule has 1 aromatic carbocycles. The topological polar surface area (TPSA) is 75.1 Å². The van der Waals surface area contributed by atoms with Crippen molar-refractivity contribution in [3.63, 3.8) is 0 Å². The summed E-state index contributed by atoms with van der Waals surface area (Å²) in [5, 5.41) is 17.2. The average Bonchev–Trinajstić information content (AvgIpc) is 2.67. The molecule has 0 amide bonds. The van der Waals surface area contributed by atoms with E-state index in [4.69, 9.17) is 9.47 Å². The Labute approximate surface area is 157 Å². The smallest absolute Gasteiger partial charge is 0.191 e.